The molecule has 2 aromatic rings. The Balaban J connectivity index is 2.17. The molecule has 0 spiro atoms. The van der Waals surface area contributed by atoms with Crippen molar-refractivity contribution < 1.29 is 23.6 Å². The molecular formula is C20H20F2N4O3. The third kappa shape index (κ3) is 5.28. The van der Waals surface area contributed by atoms with Gasteiger partial charge in [-0.2, -0.15) is 0 Å². The number of amides is 2. The molecule has 0 aliphatic heterocycles. The molecule has 152 valence electrons. The van der Waals surface area contributed by atoms with Gasteiger partial charge in [0.05, 0.1) is 0 Å². The molecule has 2 amide bonds. The van der Waals surface area contributed by atoms with E-state index in [-0.39, 0.29) is 5.56 Å². The molecule has 0 aliphatic carbocycles. The van der Waals surface area contributed by atoms with Crippen molar-refractivity contribution in [3.05, 3.63) is 65.2 Å². The molecule has 0 unspecified atom stereocenters. The van der Waals surface area contributed by atoms with Crippen molar-refractivity contribution in [1.29, 1.82) is 0 Å². The maximum absolute atomic E-state index is 13.2. The Kier molecular flexibility index (Phi) is 6.88. The van der Waals surface area contributed by atoms with Gasteiger partial charge in [-0.25, -0.2) is 14.3 Å². The van der Waals surface area contributed by atoms with Crippen molar-refractivity contribution in [2.24, 2.45) is 5.73 Å². The Morgan fingerprint density at radius 2 is 1.72 bits per heavy atom. The maximum Gasteiger partial charge on any atom is 0.268 e. The number of carbonyl (C=O) groups excluding carboxylic acids is 2. The molecule has 7 N–H and O–H groups in total. The predicted octanol–water partition coefficient (Wildman–Crippen LogP) is 1.25. The van der Waals surface area contributed by atoms with E-state index in [1.165, 1.54) is 17.6 Å². The van der Waals surface area contributed by atoms with Crippen LogP contribution in [0.1, 0.15) is 28.4 Å². The minimum absolute atomic E-state index is 0.0931. The first kappa shape index (κ1) is 21.8. The quantitative estimate of drug-likeness (QED) is 0.222. The van der Waals surface area contributed by atoms with Gasteiger partial charge in [-0.3, -0.25) is 14.8 Å². The second-order valence-corrected chi connectivity index (χ2v) is 6.46. The summed E-state index contributed by atoms with van der Waals surface area (Å²) >= 11 is 0. The number of rotatable bonds is 5. The van der Waals surface area contributed by atoms with Gasteiger partial charge in [-0.1, -0.05) is 24.0 Å². The first-order valence-electron chi connectivity index (χ1n) is 8.45. The van der Waals surface area contributed by atoms with Crippen LogP contribution in [0.3, 0.4) is 0 Å². The fraction of sp³-hybridized carbons (Fsp3) is 0.200. The van der Waals surface area contributed by atoms with E-state index in [0.29, 0.717) is 16.8 Å². The lowest BCUT2D eigenvalue weighted by atomic mass is 9.92. The zero-order chi connectivity index (χ0) is 21.6. The van der Waals surface area contributed by atoms with Crippen molar-refractivity contribution in [1.82, 2.24) is 10.8 Å². The number of hydrogen-bond donors (Lipinski definition) is 5. The molecule has 0 aliphatic rings. The van der Waals surface area contributed by atoms with E-state index in [0.717, 1.165) is 6.92 Å². The van der Waals surface area contributed by atoms with Crippen molar-refractivity contribution in [3.8, 4) is 11.8 Å². The van der Waals surface area contributed by atoms with E-state index in [1.807, 2.05) is 0 Å². The zero-order valence-electron chi connectivity index (χ0n) is 15.4. The van der Waals surface area contributed by atoms with E-state index in [9.17, 15) is 18.4 Å². The second kappa shape index (κ2) is 9.14. The van der Waals surface area contributed by atoms with E-state index in [2.05, 4.69) is 17.2 Å². The van der Waals surface area contributed by atoms with Crippen LogP contribution in [0.5, 0.6) is 0 Å². The fourth-order valence-electron chi connectivity index (χ4n) is 2.36. The lowest BCUT2D eigenvalue weighted by molar-refractivity contribution is -0.134. The number of halogens is 2. The average Bonchev–Trinajstić information content (AvgIpc) is 2.70. The maximum atomic E-state index is 13.2. The topological polar surface area (TPSA) is 130 Å². The average molecular weight is 402 g/mol. The second-order valence-electron chi connectivity index (χ2n) is 6.46. The van der Waals surface area contributed by atoms with Crippen LogP contribution in [0.25, 0.3) is 0 Å². The lowest BCUT2D eigenvalue weighted by Crippen LogP contribution is -2.66. The molecular weight excluding hydrogens is 382 g/mol. The number of alkyl halides is 2. The number of nitrogens with one attached hydrogen (secondary N) is 2. The summed E-state index contributed by atoms with van der Waals surface area (Å²) in [7, 11) is 0. The number of carbonyl (C=O) groups is 2. The number of hydrogen-bond acceptors (Lipinski definition) is 5. The molecule has 2 rings (SSSR count). The number of hydroxylamine groups is 1. The van der Waals surface area contributed by atoms with Gasteiger partial charge in [0, 0.05) is 22.4 Å². The first-order chi connectivity index (χ1) is 13.7. The number of para-hydroxylation sites is 1. The largest absolute Gasteiger partial charge is 0.398 e. The molecule has 0 saturated carbocycles. The smallest absolute Gasteiger partial charge is 0.268 e. The standard InChI is InChI=1S/C20H20F2N4O3/c1-20(24,19(21)22)16(18(28)26-29)25-17(27)14-10-7-12(8-11-14)6-9-13-4-2-3-5-15(13)23/h2-5,7-8,10-11,16,19,29H,23-24H2,1H3,(H,25,27)(H,26,28)/t16-,20+/m1/s1. The van der Waals surface area contributed by atoms with E-state index in [4.69, 9.17) is 16.7 Å². The highest BCUT2D eigenvalue weighted by Gasteiger charge is 2.44. The molecule has 7 nitrogen and oxygen atoms in total. The summed E-state index contributed by atoms with van der Waals surface area (Å²) < 4.78 is 26.3. The number of benzene rings is 2. The van der Waals surface area contributed by atoms with E-state index >= 15 is 0 Å². The van der Waals surface area contributed by atoms with Gasteiger partial charge in [-0.15, -0.1) is 0 Å². The van der Waals surface area contributed by atoms with Gasteiger partial charge in [0.2, 0.25) is 0 Å². The summed E-state index contributed by atoms with van der Waals surface area (Å²) in [5.41, 5.74) is 12.0. The Morgan fingerprint density at radius 3 is 2.28 bits per heavy atom. The monoisotopic (exact) mass is 402 g/mol. The Morgan fingerprint density at radius 1 is 1.10 bits per heavy atom. The molecule has 0 radical (unpaired) electrons. The minimum atomic E-state index is -3.13. The van der Waals surface area contributed by atoms with Gasteiger partial charge in [0.15, 0.2) is 0 Å². The molecule has 2 aromatic carbocycles. The molecule has 0 bridgehead atoms. The number of nitrogen functional groups attached to an aromatic ring is 1. The van der Waals surface area contributed by atoms with Crippen molar-refractivity contribution in [2.75, 3.05) is 5.73 Å². The summed E-state index contributed by atoms with van der Waals surface area (Å²) in [5.74, 6) is 3.73. The van der Waals surface area contributed by atoms with Crippen LogP contribution in [0, 0.1) is 11.8 Å². The van der Waals surface area contributed by atoms with Crippen molar-refractivity contribution >= 4 is 17.5 Å². The fourth-order valence-corrected chi connectivity index (χ4v) is 2.36. The summed E-state index contributed by atoms with van der Waals surface area (Å²) in [6.07, 6.45) is -3.13. The van der Waals surface area contributed by atoms with Crippen molar-refractivity contribution in [2.45, 2.75) is 24.9 Å². The number of nitrogens with two attached hydrogens (primary N) is 2. The predicted molar refractivity (Wildman–Crippen MR) is 103 cm³/mol. The molecule has 0 saturated heterocycles. The Labute approximate surface area is 166 Å². The van der Waals surface area contributed by atoms with E-state index < -0.39 is 29.8 Å². The highest BCUT2D eigenvalue weighted by atomic mass is 19.3. The van der Waals surface area contributed by atoms with Crippen molar-refractivity contribution in [3.63, 3.8) is 0 Å². The summed E-state index contributed by atoms with van der Waals surface area (Å²) in [6.45, 7) is 0.895. The van der Waals surface area contributed by atoms with Gasteiger partial charge in [0.25, 0.3) is 18.2 Å². The van der Waals surface area contributed by atoms with Gasteiger partial charge < -0.3 is 16.8 Å². The Hall–Kier alpha value is -3.48. The normalized spacial score (nSPS) is 13.6. The number of anilines is 1. The molecule has 2 atom stereocenters. The van der Waals surface area contributed by atoms with Gasteiger partial charge in [0.1, 0.15) is 11.6 Å². The van der Waals surface area contributed by atoms with Crippen LogP contribution < -0.4 is 22.3 Å². The van der Waals surface area contributed by atoms with Gasteiger partial charge in [-0.05, 0) is 43.3 Å². The lowest BCUT2D eigenvalue weighted by Gasteiger charge is -2.32. The summed E-state index contributed by atoms with van der Waals surface area (Å²) in [6, 6.07) is 11.2. The Bertz CT molecular complexity index is 950. The molecule has 0 aromatic heterocycles. The summed E-state index contributed by atoms with van der Waals surface area (Å²) in [5, 5.41) is 10.9. The molecule has 0 fully saturated rings. The third-order valence-corrected chi connectivity index (χ3v) is 4.19. The van der Waals surface area contributed by atoms with Crippen LogP contribution in [-0.2, 0) is 4.79 Å². The SMILES string of the molecule is C[C@@](N)(C(F)F)[C@H](NC(=O)c1ccc(C#Cc2ccccc2N)cc1)C(=O)NO. The highest BCUT2D eigenvalue weighted by molar-refractivity contribution is 5.98. The molecule has 29 heavy (non-hydrogen) atoms. The highest BCUT2D eigenvalue weighted by Crippen LogP contribution is 2.18. The van der Waals surface area contributed by atoms with Crippen LogP contribution in [0.15, 0.2) is 48.5 Å². The van der Waals surface area contributed by atoms with Gasteiger partial charge >= 0.3 is 0 Å². The minimum Gasteiger partial charge on any atom is -0.398 e. The van der Waals surface area contributed by atoms with E-state index in [1.54, 1.807) is 36.4 Å². The first-order valence-corrected chi connectivity index (χ1v) is 8.45. The van der Waals surface area contributed by atoms with Crippen LogP contribution in [0.4, 0.5) is 14.5 Å². The van der Waals surface area contributed by atoms with Crippen LogP contribution in [-0.4, -0.2) is 35.0 Å². The third-order valence-electron chi connectivity index (χ3n) is 4.19. The summed E-state index contributed by atoms with van der Waals surface area (Å²) in [4.78, 5) is 24.1. The molecule has 0 heterocycles. The zero-order valence-corrected chi connectivity index (χ0v) is 15.4. The van der Waals surface area contributed by atoms with Crippen LogP contribution in [0.2, 0.25) is 0 Å². The van der Waals surface area contributed by atoms with Crippen LogP contribution >= 0.6 is 0 Å². The molecule has 9 heteroatoms.